The lowest BCUT2D eigenvalue weighted by Gasteiger charge is -2.15. The summed E-state index contributed by atoms with van der Waals surface area (Å²) in [6.07, 6.45) is 0.343. The molecule has 0 saturated heterocycles. The van der Waals surface area contributed by atoms with Crippen LogP contribution in [0, 0.1) is 0 Å². The van der Waals surface area contributed by atoms with Gasteiger partial charge in [0.2, 0.25) is 0 Å². The lowest BCUT2D eigenvalue weighted by atomic mass is 10.1. The number of halogens is 1. The summed E-state index contributed by atoms with van der Waals surface area (Å²) >= 11 is 6.10. The molecule has 0 atom stereocenters. The van der Waals surface area contributed by atoms with Crippen molar-refractivity contribution >= 4 is 17.4 Å². The molecule has 0 unspecified atom stereocenters. The van der Waals surface area contributed by atoms with E-state index in [4.69, 9.17) is 21.1 Å². The molecule has 4 heteroatoms. The summed E-state index contributed by atoms with van der Waals surface area (Å²) in [5.41, 5.74) is 0.757. The Balaban J connectivity index is 3.10. The highest BCUT2D eigenvalue weighted by atomic mass is 35.5. The molecule has 0 heterocycles. The zero-order chi connectivity index (χ0) is 13.0. The second-order valence-corrected chi connectivity index (χ2v) is 4.55. The maximum absolute atomic E-state index is 11.1. The Labute approximate surface area is 107 Å². The number of rotatable bonds is 5. The number of hydrogen-bond donors (Lipinski definition) is 0. The molecule has 1 rings (SSSR count). The number of ether oxygens (including phenoxy) is 2. The van der Waals surface area contributed by atoms with E-state index in [1.807, 2.05) is 13.8 Å². The van der Waals surface area contributed by atoms with Gasteiger partial charge in [-0.2, -0.15) is 0 Å². The minimum Gasteiger partial charge on any atom is -0.493 e. The first-order chi connectivity index (χ1) is 7.93. The Kier molecular flexibility index (Phi) is 4.82. The molecular formula is C13H17ClO3. The fraction of sp³-hybridized carbons (Fsp3) is 0.462. The first-order valence-electron chi connectivity index (χ1n) is 5.46. The maximum Gasteiger partial charge on any atom is 0.163 e. The zero-order valence-corrected chi connectivity index (χ0v) is 11.3. The normalized spacial score (nSPS) is 10.5. The molecule has 0 aliphatic heterocycles. The van der Waals surface area contributed by atoms with Gasteiger partial charge in [-0.05, 0) is 32.4 Å². The third-order valence-electron chi connectivity index (χ3n) is 2.13. The number of ketones is 1. The Morgan fingerprint density at radius 3 is 2.47 bits per heavy atom. The van der Waals surface area contributed by atoms with Gasteiger partial charge in [0.1, 0.15) is 5.78 Å². The van der Waals surface area contributed by atoms with Crippen molar-refractivity contribution in [2.24, 2.45) is 0 Å². The fourth-order valence-electron chi connectivity index (χ4n) is 1.49. The predicted molar refractivity (Wildman–Crippen MR) is 68.2 cm³/mol. The van der Waals surface area contributed by atoms with Crippen LogP contribution < -0.4 is 9.47 Å². The lowest BCUT2D eigenvalue weighted by molar-refractivity contribution is -0.116. The molecule has 0 amide bonds. The van der Waals surface area contributed by atoms with Gasteiger partial charge in [0.25, 0.3) is 0 Å². The Hall–Kier alpha value is -1.22. The summed E-state index contributed by atoms with van der Waals surface area (Å²) < 4.78 is 10.8. The highest BCUT2D eigenvalue weighted by Gasteiger charge is 2.12. The summed E-state index contributed by atoms with van der Waals surface area (Å²) in [5, 5.41) is 0.525. The molecule has 0 radical (unpaired) electrons. The van der Waals surface area contributed by atoms with Gasteiger partial charge in [-0.3, -0.25) is 4.79 Å². The summed E-state index contributed by atoms with van der Waals surface area (Å²) in [4.78, 5) is 11.1. The van der Waals surface area contributed by atoms with E-state index in [1.54, 1.807) is 19.2 Å². The third-order valence-corrected chi connectivity index (χ3v) is 2.49. The van der Waals surface area contributed by atoms with E-state index >= 15 is 0 Å². The third kappa shape index (κ3) is 3.93. The number of methoxy groups -OCH3 is 1. The molecule has 0 N–H and O–H groups in total. The van der Waals surface area contributed by atoms with Crippen molar-refractivity contribution in [1.29, 1.82) is 0 Å². The van der Waals surface area contributed by atoms with Crippen LogP contribution in [0.25, 0.3) is 0 Å². The van der Waals surface area contributed by atoms with Crippen molar-refractivity contribution in [3.8, 4) is 11.5 Å². The second kappa shape index (κ2) is 5.92. The molecule has 0 aliphatic carbocycles. The minimum atomic E-state index is 0.0404. The molecule has 1 aromatic rings. The van der Waals surface area contributed by atoms with Crippen LogP contribution in [0.4, 0.5) is 0 Å². The summed E-state index contributed by atoms with van der Waals surface area (Å²) in [5.74, 6) is 1.26. The van der Waals surface area contributed by atoms with Gasteiger partial charge >= 0.3 is 0 Å². The van der Waals surface area contributed by atoms with Crippen molar-refractivity contribution in [2.75, 3.05) is 7.11 Å². The van der Waals surface area contributed by atoms with E-state index in [2.05, 4.69) is 0 Å². The van der Waals surface area contributed by atoms with Crippen molar-refractivity contribution in [1.82, 2.24) is 0 Å². The largest absolute Gasteiger partial charge is 0.493 e. The monoisotopic (exact) mass is 256 g/mol. The van der Waals surface area contributed by atoms with E-state index < -0.39 is 0 Å². The van der Waals surface area contributed by atoms with Crippen LogP contribution in [-0.2, 0) is 11.2 Å². The maximum atomic E-state index is 11.1. The number of Topliss-reactive ketones (excluding diaryl/α,β-unsaturated/α-hetero) is 1. The molecule has 3 nitrogen and oxygen atoms in total. The Bertz CT molecular complexity index is 413. The average Bonchev–Trinajstić information content (AvgIpc) is 2.20. The molecule has 1 aromatic carbocycles. The van der Waals surface area contributed by atoms with Crippen LogP contribution >= 0.6 is 11.6 Å². The Morgan fingerprint density at radius 1 is 1.35 bits per heavy atom. The SMILES string of the molecule is COc1cc(CC(C)=O)c(Cl)cc1OC(C)C. The van der Waals surface area contributed by atoms with Gasteiger partial charge in [0, 0.05) is 17.5 Å². The predicted octanol–water partition coefficient (Wildman–Crippen LogP) is 3.27. The van der Waals surface area contributed by atoms with Crippen molar-refractivity contribution in [3.63, 3.8) is 0 Å². The summed E-state index contributed by atoms with van der Waals surface area (Å²) in [7, 11) is 1.56. The molecule has 0 saturated carbocycles. The summed E-state index contributed by atoms with van der Waals surface area (Å²) in [6, 6.07) is 3.44. The average molecular weight is 257 g/mol. The highest BCUT2D eigenvalue weighted by molar-refractivity contribution is 6.31. The van der Waals surface area contributed by atoms with Crippen LogP contribution in [0.5, 0.6) is 11.5 Å². The lowest BCUT2D eigenvalue weighted by Crippen LogP contribution is -2.07. The van der Waals surface area contributed by atoms with Gasteiger partial charge < -0.3 is 9.47 Å². The second-order valence-electron chi connectivity index (χ2n) is 4.14. The first-order valence-corrected chi connectivity index (χ1v) is 5.84. The number of carbonyl (C=O) groups excluding carboxylic acids is 1. The Morgan fingerprint density at radius 2 is 2.00 bits per heavy atom. The van der Waals surface area contributed by atoms with Crippen LogP contribution in [0.1, 0.15) is 26.3 Å². The standard InChI is InChI=1S/C13H17ClO3/c1-8(2)17-13-7-11(14)10(5-9(3)15)6-12(13)16-4/h6-8H,5H2,1-4H3. The minimum absolute atomic E-state index is 0.0404. The summed E-state index contributed by atoms with van der Waals surface area (Å²) in [6.45, 7) is 5.38. The number of carbonyl (C=O) groups is 1. The smallest absolute Gasteiger partial charge is 0.163 e. The molecule has 0 spiro atoms. The van der Waals surface area contributed by atoms with Crippen molar-refractivity contribution in [3.05, 3.63) is 22.7 Å². The molecule has 94 valence electrons. The first kappa shape index (κ1) is 13.8. The molecular weight excluding hydrogens is 240 g/mol. The van der Waals surface area contributed by atoms with Gasteiger partial charge in [-0.1, -0.05) is 11.6 Å². The van der Waals surface area contributed by atoms with Gasteiger partial charge in [-0.25, -0.2) is 0 Å². The van der Waals surface area contributed by atoms with Crippen LogP contribution in [-0.4, -0.2) is 19.0 Å². The van der Waals surface area contributed by atoms with Crippen molar-refractivity contribution < 1.29 is 14.3 Å². The van der Waals surface area contributed by atoms with Gasteiger partial charge in [-0.15, -0.1) is 0 Å². The molecule has 0 aliphatic rings. The highest BCUT2D eigenvalue weighted by Crippen LogP contribution is 2.34. The van der Waals surface area contributed by atoms with Gasteiger partial charge in [0.05, 0.1) is 13.2 Å². The molecule has 17 heavy (non-hydrogen) atoms. The van der Waals surface area contributed by atoms with E-state index in [-0.39, 0.29) is 11.9 Å². The van der Waals surface area contributed by atoms with E-state index in [0.717, 1.165) is 5.56 Å². The number of benzene rings is 1. The van der Waals surface area contributed by atoms with E-state index in [0.29, 0.717) is 22.9 Å². The van der Waals surface area contributed by atoms with Crippen molar-refractivity contribution in [2.45, 2.75) is 33.3 Å². The van der Waals surface area contributed by atoms with Crippen LogP contribution in [0.15, 0.2) is 12.1 Å². The molecule has 0 bridgehead atoms. The molecule has 0 fully saturated rings. The van der Waals surface area contributed by atoms with Crippen LogP contribution in [0.2, 0.25) is 5.02 Å². The quantitative estimate of drug-likeness (QED) is 0.811. The topological polar surface area (TPSA) is 35.5 Å². The fourth-order valence-corrected chi connectivity index (χ4v) is 1.71. The van der Waals surface area contributed by atoms with Gasteiger partial charge in [0.15, 0.2) is 11.5 Å². The van der Waals surface area contributed by atoms with E-state index in [9.17, 15) is 4.79 Å². The molecule has 0 aromatic heterocycles. The van der Waals surface area contributed by atoms with E-state index in [1.165, 1.54) is 6.92 Å². The number of hydrogen-bond acceptors (Lipinski definition) is 3. The zero-order valence-electron chi connectivity index (χ0n) is 10.5. The van der Waals surface area contributed by atoms with Crippen LogP contribution in [0.3, 0.4) is 0 Å².